The lowest BCUT2D eigenvalue weighted by molar-refractivity contribution is -0.274. The number of H-pyrrole nitrogens is 1. The lowest BCUT2D eigenvalue weighted by Gasteiger charge is -2.35. The van der Waals surface area contributed by atoms with E-state index in [1.165, 1.54) is 18.2 Å². The maximum atomic E-state index is 12.6. The highest BCUT2D eigenvalue weighted by molar-refractivity contribution is 5.94. The molecule has 164 valence electrons. The van der Waals surface area contributed by atoms with Crippen molar-refractivity contribution < 1.29 is 17.9 Å². The smallest absolute Gasteiger partial charge is 0.406 e. The normalized spacial score (nSPS) is 14.7. The topological polar surface area (TPSA) is 83.1 Å². The molecule has 1 saturated heterocycles. The van der Waals surface area contributed by atoms with Crippen molar-refractivity contribution in [2.24, 2.45) is 0 Å². The van der Waals surface area contributed by atoms with E-state index in [1.54, 1.807) is 30.7 Å². The molecule has 3 aromatic heterocycles. The molecule has 0 amide bonds. The van der Waals surface area contributed by atoms with Crippen molar-refractivity contribution in [3.63, 3.8) is 0 Å². The molecule has 1 N–H and O–H groups in total. The van der Waals surface area contributed by atoms with E-state index in [0.717, 1.165) is 37.6 Å². The van der Waals surface area contributed by atoms with Crippen molar-refractivity contribution in [3.8, 4) is 17.0 Å². The summed E-state index contributed by atoms with van der Waals surface area (Å²) in [6.45, 7) is 2.97. The average molecular weight is 441 g/mol. The zero-order chi connectivity index (χ0) is 22.1. The lowest BCUT2D eigenvalue weighted by atomic mass is 10.1. The van der Waals surface area contributed by atoms with Gasteiger partial charge in [-0.2, -0.15) is 5.10 Å². The van der Waals surface area contributed by atoms with Gasteiger partial charge in [-0.15, -0.1) is 13.2 Å². The molecule has 0 radical (unpaired) electrons. The van der Waals surface area contributed by atoms with Crippen LogP contribution in [0.25, 0.3) is 22.2 Å². The van der Waals surface area contributed by atoms with Crippen LogP contribution >= 0.6 is 0 Å². The number of alkyl halides is 3. The van der Waals surface area contributed by atoms with E-state index in [9.17, 15) is 13.2 Å². The van der Waals surface area contributed by atoms with Crippen LogP contribution in [-0.4, -0.2) is 57.7 Å². The lowest BCUT2D eigenvalue weighted by Crippen LogP contribution is -2.47. The molecule has 11 heteroatoms. The van der Waals surface area contributed by atoms with Crippen LogP contribution < -0.4 is 14.5 Å². The number of halogens is 3. The Hall–Kier alpha value is -3.89. The number of rotatable bonds is 4. The predicted octanol–water partition coefficient (Wildman–Crippen LogP) is 3.64. The van der Waals surface area contributed by atoms with Gasteiger partial charge in [0.1, 0.15) is 17.3 Å². The molecule has 1 fully saturated rings. The van der Waals surface area contributed by atoms with Gasteiger partial charge in [-0.3, -0.25) is 5.10 Å². The molecule has 1 aliphatic rings. The second-order valence-electron chi connectivity index (χ2n) is 7.25. The molecule has 0 aliphatic carbocycles. The number of anilines is 2. The number of nitrogens with zero attached hydrogens (tertiary/aromatic N) is 6. The number of aromatic amines is 1. The van der Waals surface area contributed by atoms with E-state index in [0.29, 0.717) is 22.5 Å². The zero-order valence-corrected chi connectivity index (χ0v) is 16.8. The molecule has 8 nitrogen and oxygen atoms in total. The van der Waals surface area contributed by atoms with Gasteiger partial charge in [0.05, 0.1) is 5.52 Å². The summed E-state index contributed by atoms with van der Waals surface area (Å²) in [6, 6.07) is 9.56. The summed E-state index contributed by atoms with van der Waals surface area (Å²) >= 11 is 0. The highest BCUT2D eigenvalue weighted by Crippen LogP contribution is 2.32. The average Bonchev–Trinajstić information content (AvgIpc) is 3.22. The number of aromatic nitrogens is 5. The first kappa shape index (κ1) is 20.0. The van der Waals surface area contributed by atoms with Crippen LogP contribution in [0.2, 0.25) is 0 Å². The maximum Gasteiger partial charge on any atom is 0.573 e. The van der Waals surface area contributed by atoms with Crippen LogP contribution in [0.4, 0.5) is 24.9 Å². The highest BCUT2D eigenvalue weighted by Gasteiger charge is 2.31. The Balaban J connectivity index is 1.38. The summed E-state index contributed by atoms with van der Waals surface area (Å²) in [7, 11) is 0. The van der Waals surface area contributed by atoms with Crippen LogP contribution in [0.15, 0.2) is 55.0 Å². The Morgan fingerprint density at radius 2 is 1.62 bits per heavy atom. The third-order valence-corrected chi connectivity index (χ3v) is 5.23. The van der Waals surface area contributed by atoms with E-state index in [4.69, 9.17) is 0 Å². The number of benzene rings is 1. The van der Waals surface area contributed by atoms with E-state index in [-0.39, 0.29) is 5.75 Å². The molecule has 1 aromatic carbocycles. The minimum atomic E-state index is -4.76. The van der Waals surface area contributed by atoms with E-state index in [2.05, 4.69) is 39.7 Å². The van der Waals surface area contributed by atoms with Crippen LogP contribution in [0.5, 0.6) is 5.75 Å². The van der Waals surface area contributed by atoms with Gasteiger partial charge >= 0.3 is 6.36 Å². The molecular weight excluding hydrogens is 423 g/mol. The number of nitrogens with one attached hydrogen (secondary N) is 1. The molecule has 0 saturated carbocycles. The van der Waals surface area contributed by atoms with Gasteiger partial charge in [-0.25, -0.2) is 15.0 Å². The first-order chi connectivity index (χ1) is 15.5. The molecule has 4 heterocycles. The summed E-state index contributed by atoms with van der Waals surface area (Å²) in [4.78, 5) is 17.3. The minimum absolute atomic E-state index is 0.291. The standard InChI is InChI=1S/C21H18F3N7O/c22-21(23,24)32-15-2-3-17-16(13-15)19(29-28-17)14-4-7-25-18(12-14)30-8-10-31(11-9-30)20-26-5-1-6-27-20/h1-7,12-13H,8-11H2,(H,28,29). The maximum absolute atomic E-state index is 12.6. The molecule has 0 bridgehead atoms. The molecule has 32 heavy (non-hydrogen) atoms. The van der Waals surface area contributed by atoms with Crippen molar-refractivity contribution in [2.75, 3.05) is 36.0 Å². The van der Waals surface area contributed by atoms with Gasteiger partial charge < -0.3 is 14.5 Å². The number of pyridine rings is 1. The van der Waals surface area contributed by atoms with E-state index >= 15 is 0 Å². The van der Waals surface area contributed by atoms with Gasteiger partial charge in [0.15, 0.2) is 0 Å². The minimum Gasteiger partial charge on any atom is -0.406 e. The second-order valence-corrected chi connectivity index (χ2v) is 7.25. The molecule has 0 atom stereocenters. The Morgan fingerprint density at radius 1 is 0.875 bits per heavy atom. The molecule has 0 spiro atoms. The summed E-state index contributed by atoms with van der Waals surface area (Å²) in [5.41, 5.74) is 1.90. The van der Waals surface area contributed by atoms with Gasteiger partial charge in [0, 0.05) is 55.7 Å². The predicted molar refractivity (Wildman–Crippen MR) is 112 cm³/mol. The third kappa shape index (κ3) is 4.13. The van der Waals surface area contributed by atoms with Gasteiger partial charge in [-0.1, -0.05) is 0 Å². The molecule has 4 aromatic rings. The van der Waals surface area contributed by atoms with Crippen molar-refractivity contribution in [1.29, 1.82) is 0 Å². The van der Waals surface area contributed by atoms with Crippen molar-refractivity contribution >= 4 is 22.7 Å². The van der Waals surface area contributed by atoms with Gasteiger partial charge in [-0.05, 0) is 36.4 Å². The monoisotopic (exact) mass is 441 g/mol. The van der Waals surface area contributed by atoms with Gasteiger partial charge in [0.25, 0.3) is 0 Å². The van der Waals surface area contributed by atoms with Crippen LogP contribution in [0.3, 0.4) is 0 Å². The van der Waals surface area contributed by atoms with Crippen molar-refractivity contribution in [3.05, 3.63) is 55.0 Å². The molecular formula is C21H18F3N7O. The summed E-state index contributed by atoms with van der Waals surface area (Å²) in [5.74, 6) is 1.19. The highest BCUT2D eigenvalue weighted by atomic mass is 19.4. The fourth-order valence-electron chi connectivity index (χ4n) is 3.74. The zero-order valence-electron chi connectivity index (χ0n) is 16.8. The van der Waals surface area contributed by atoms with E-state index < -0.39 is 6.36 Å². The summed E-state index contributed by atoms with van der Waals surface area (Å²) in [6.07, 6.45) is 0.362. The first-order valence-electron chi connectivity index (χ1n) is 9.93. The van der Waals surface area contributed by atoms with Crippen LogP contribution in [-0.2, 0) is 0 Å². The molecule has 0 unspecified atom stereocenters. The Labute approximate surface area is 180 Å². The fourth-order valence-corrected chi connectivity index (χ4v) is 3.74. The first-order valence-corrected chi connectivity index (χ1v) is 9.93. The van der Waals surface area contributed by atoms with Crippen LogP contribution in [0.1, 0.15) is 0 Å². The Morgan fingerprint density at radius 3 is 2.38 bits per heavy atom. The Bertz CT molecular complexity index is 1220. The molecule has 1 aliphatic heterocycles. The number of fused-ring (bicyclic) bond motifs is 1. The van der Waals surface area contributed by atoms with Crippen LogP contribution in [0, 0.1) is 0 Å². The number of ether oxygens (including phenoxy) is 1. The fraction of sp³-hybridized carbons (Fsp3) is 0.238. The number of hydrogen-bond donors (Lipinski definition) is 1. The quantitative estimate of drug-likeness (QED) is 0.518. The number of piperazine rings is 1. The molecule has 5 rings (SSSR count). The SMILES string of the molecule is FC(F)(F)Oc1ccc2[nH]nc(-c3ccnc(N4CCN(c5ncccn5)CC4)c3)c2c1. The second kappa shape index (κ2) is 7.98. The Kier molecular flexibility index (Phi) is 5.00. The summed E-state index contributed by atoms with van der Waals surface area (Å²) in [5, 5.41) is 7.70. The van der Waals surface area contributed by atoms with Crippen molar-refractivity contribution in [1.82, 2.24) is 25.1 Å². The van der Waals surface area contributed by atoms with E-state index in [1.807, 2.05) is 6.07 Å². The number of hydrogen-bond acceptors (Lipinski definition) is 7. The largest absolute Gasteiger partial charge is 0.573 e. The summed E-state index contributed by atoms with van der Waals surface area (Å²) < 4.78 is 41.9. The van der Waals surface area contributed by atoms with Crippen molar-refractivity contribution in [2.45, 2.75) is 6.36 Å². The third-order valence-electron chi connectivity index (χ3n) is 5.23. The van der Waals surface area contributed by atoms with Gasteiger partial charge in [0.2, 0.25) is 5.95 Å².